The first-order chi connectivity index (χ1) is 30.7. The van der Waals surface area contributed by atoms with Crippen molar-refractivity contribution in [2.24, 2.45) is 0 Å². The number of hydrogen-bond donors (Lipinski definition) is 0. The van der Waals surface area contributed by atoms with Crippen LogP contribution in [0.4, 0.5) is 0 Å². The molecule has 0 radical (unpaired) electrons. The van der Waals surface area contributed by atoms with Gasteiger partial charge in [-0.1, -0.05) is 200 Å². The van der Waals surface area contributed by atoms with Crippen LogP contribution < -0.4 is 0 Å². The number of benzene rings is 9. The highest BCUT2D eigenvalue weighted by Crippen LogP contribution is 2.39. The normalized spacial score (nSPS) is 11.2. The molecule has 3 nitrogen and oxygen atoms in total. The summed E-state index contributed by atoms with van der Waals surface area (Å²) in [5.41, 5.74) is 17.1. The lowest BCUT2D eigenvalue weighted by molar-refractivity contribution is 1.18. The molecule has 0 saturated heterocycles. The molecule has 0 fully saturated rings. The van der Waals surface area contributed by atoms with E-state index in [4.69, 9.17) is 15.0 Å². The van der Waals surface area contributed by atoms with Crippen LogP contribution in [-0.2, 0) is 0 Å². The molecule has 9 aromatic carbocycles. The van der Waals surface area contributed by atoms with E-state index in [0.29, 0.717) is 5.82 Å². The monoisotopic (exact) mass is 789 g/mol. The van der Waals surface area contributed by atoms with Crippen molar-refractivity contribution in [3.05, 3.63) is 237 Å². The largest absolute Gasteiger partial charge is 0.248 e. The fourth-order valence-electron chi connectivity index (χ4n) is 8.51. The van der Waals surface area contributed by atoms with E-state index in [2.05, 4.69) is 218 Å². The second kappa shape index (κ2) is 16.1. The standard InChI is InChI=1S/C59H39N3/c1-5-15-40(16-6-1)46-23-13-25-50(36-46)56-39-57(51-26-14-24-47(37-51)41-17-7-2-8-18-41)62-59(61-56)45-29-27-42(28-30-45)48-31-33-52-49(35-48)32-34-54-58(52)53(43-19-9-3-10-20-43)38-55(60-54)44-21-11-4-12-22-44/h1-39H. The van der Waals surface area contributed by atoms with Crippen LogP contribution in [-0.4, -0.2) is 15.0 Å². The van der Waals surface area contributed by atoms with E-state index < -0.39 is 0 Å². The van der Waals surface area contributed by atoms with Crippen LogP contribution in [0.15, 0.2) is 237 Å². The van der Waals surface area contributed by atoms with Crippen LogP contribution in [0.5, 0.6) is 0 Å². The minimum atomic E-state index is 0.681. The van der Waals surface area contributed by atoms with Crippen LogP contribution >= 0.6 is 0 Å². The first-order valence-corrected chi connectivity index (χ1v) is 21.0. The summed E-state index contributed by atoms with van der Waals surface area (Å²) in [5.74, 6) is 0.681. The summed E-state index contributed by atoms with van der Waals surface area (Å²) in [6.45, 7) is 0. The molecule has 11 aromatic rings. The maximum atomic E-state index is 5.23. The Labute approximate surface area is 361 Å². The molecule has 2 heterocycles. The summed E-state index contributed by atoms with van der Waals surface area (Å²) < 4.78 is 0. The van der Waals surface area contributed by atoms with E-state index in [0.717, 1.165) is 72.5 Å². The lowest BCUT2D eigenvalue weighted by atomic mass is 9.93. The third kappa shape index (κ3) is 7.23. The van der Waals surface area contributed by atoms with Gasteiger partial charge >= 0.3 is 0 Å². The van der Waals surface area contributed by atoms with E-state index >= 15 is 0 Å². The number of fused-ring (bicyclic) bond motifs is 3. The van der Waals surface area contributed by atoms with Crippen molar-refractivity contribution in [1.82, 2.24) is 15.0 Å². The molecule has 62 heavy (non-hydrogen) atoms. The van der Waals surface area contributed by atoms with E-state index in [1.165, 1.54) is 33.0 Å². The Morgan fingerprint density at radius 2 is 0.677 bits per heavy atom. The number of pyridine rings is 1. The van der Waals surface area contributed by atoms with Crippen molar-refractivity contribution in [2.45, 2.75) is 0 Å². The number of nitrogens with zero attached hydrogens (tertiary/aromatic N) is 3. The van der Waals surface area contributed by atoms with Gasteiger partial charge in [0, 0.05) is 27.6 Å². The van der Waals surface area contributed by atoms with Gasteiger partial charge in [0.25, 0.3) is 0 Å². The summed E-state index contributed by atoms with van der Waals surface area (Å²) in [6, 6.07) is 83.4. The van der Waals surface area contributed by atoms with Gasteiger partial charge in [-0.05, 0) is 91.7 Å². The quantitative estimate of drug-likeness (QED) is 0.144. The molecule has 0 amide bonds. The van der Waals surface area contributed by atoms with E-state index in [9.17, 15) is 0 Å². The topological polar surface area (TPSA) is 38.7 Å². The molecule has 0 N–H and O–H groups in total. The molecule has 0 spiro atoms. The van der Waals surface area contributed by atoms with Gasteiger partial charge in [-0.2, -0.15) is 0 Å². The molecular formula is C59H39N3. The van der Waals surface area contributed by atoms with Crippen molar-refractivity contribution >= 4 is 21.7 Å². The molecule has 0 aliphatic heterocycles. The zero-order valence-corrected chi connectivity index (χ0v) is 33.9. The first kappa shape index (κ1) is 36.8. The summed E-state index contributed by atoms with van der Waals surface area (Å²) in [6.07, 6.45) is 0. The molecule has 0 bridgehead atoms. The zero-order valence-electron chi connectivity index (χ0n) is 33.9. The zero-order chi connectivity index (χ0) is 41.2. The summed E-state index contributed by atoms with van der Waals surface area (Å²) in [7, 11) is 0. The predicted octanol–water partition coefficient (Wildman–Crippen LogP) is 15.5. The van der Waals surface area contributed by atoms with Crippen LogP contribution in [0.1, 0.15) is 0 Å². The van der Waals surface area contributed by atoms with Crippen molar-refractivity contribution < 1.29 is 0 Å². The maximum absolute atomic E-state index is 5.23. The summed E-state index contributed by atoms with van der Waals surface area (Å²) >= 11 is 0. The average molecular weight is 790 g/mol. The summed E-state index contributed by atoms with van der Waals surface area (Å²) in [5, 5.41) is 3.51. The number of aromatic nitrogens is 3. The molecule has 0 saturated carbocycles. The SMILES string of the molecule is c1ccc(-c2cccc(-c3cc(-c4cccc(-c5ccccc5)c4)nc(-c4ccc(-c5ccc6c(ccc7nc(-c8ccccc8)cc(-c8ccccc8)c76)c5)cc4)n3)c2)cc1. The van der Waals surface area contributed by atoms with Crippen LogP contribution in [0.3, 0.4) is 0 Å². The minimum Gasteiger partial charge on any atom is -0.248 e. The number of hydrogen-bond acceptors (Lipinski definition) is 3. The minimum absolute atomic E-state index is 0.681. The molecular weight excluding hydrogens is 751 g/mol. The fraction of sp³-hybridized carbons (Fsp3) is 0. The van der Waals surface area contributed by atoms with E-state index in [1.807, 2.05) is 18.2 Å². The van der Waals surface area contributed by atoms with Crippen molar-refractivity contribution in [3.63, 3.8) is 0 Å². The van der Waals surface area contributed by atoms with Gasteiger partial charge in [-0.25, -0.2) is 15.0 Å². The highest BCUT2D eigenvalue weighted by Gasteiger charge is 2.16. The third-order valence-electron chi connectivity index (χ3n) is 11.7. The second-order valence-electron chi connectivity index (χ2n) is 15.6. The Morgan fingerprint density at radius 1 is 0.242 bits per heavy atom. The van der Waals surface area contributed by atoms with Crippen molar-refractivity contribution in [2.75, 3.05) is 0 Å². The van der Waals surface area contributed by atoms with Gasteiger partial charge in [-0.15, -0.1) is 0 Å². The maximum Gasteiger partial charge on any atom is 0.160 e. The Hall–Kier alpha value is -8.27. The Bertz CT molecular complexity index is 3260. The molecule has 2 aromatic heterocycles. The fourth-order valence-corrected chi connectivity index (χ4v) is 8.51. The van der Waals surface area contributed by atoms with Crippen molar-refractivity contribution in [3.8, 4) is 89.7 Å². The molecule has 11 rings (SSSR count). The van der Waals surface area contributed by atoms with E-state index in [1.54, 1.807) is 0 Å². The van der Waals surface area contributed by atoms with Crippen LogP contribution in [0, 0.1) is 0 Å². The first-order valence-electron chi connectivity index (χ1n) is 21.0. The predicted molar refractivity (Wildman–Crippen MR) is 258 cm³/mol. The highest BCUT2D eigenvalue weighted by molar-refractivity contribution is 6.14. The molecule has 3 heteroatoms. The highest BCUT2D eigenvalue weighted by atomic mass is 14.9. The lowest BCUT2D eigenvalue weighted by Crippen LogP contribution is -1.96. The number of rotatable bonds is 8. The van der Waals surface area contributed by atoms with Gasteiger partial charge in [0.2, 0.25) is 0 Å². The Kier molecular flexibility index (Phi) is 9.53. The molecule has 0 aliphatic carbocycles. The van der Waals surface area contributed by atoms with Gasteiger partial charge in [0.15, 0.2) is 5.82 Å². The smallest absolute Gasteiger partial charge is 0.160 e. The summed E-state index contributed by atoms with van der Waals surface area (Å²) in [4.78, 5) is 15.6. The molecule has 0 aliphatic rings. The lowest BCUT2D eigenvalue weighted by Gasteiger charge is -2.14. The van der Waals surface area contributed by atoms with Gasteiger partial charge < -0.3 is 0 Å². The Balaban J connectivity index is 0.984. The van der Waals surface area contributed by atoms with Crippen LogP contribution in [0.25, 0.3) is 111 Å². The van der Waals surface area contributed by atoms with Crippen LogP contribution in [0.2, 0.25) is 0 Å². The van der Waals surface area contributed by atoms with E-state index in [-0.39, 0.29) is 0 Å². The third-order valence-corrected chi connectivity index (χ3v) is 11.7. The van der Waals surface area contributed by atoms with Crippen molar-refractivity contribution in [1.29, 1.82) is 0 Å². The molecule has 0 unspecified atom stereocenters. The van der Waals surface area contributed by atoms with Gasteiger partial charge in [0.05, 0.1) is 22.6 Å². The molecule has 290 valence electrons. The second-order valence-corrected chi connectivity index (χ2v) is 15.6. The molecule has 0 atom stereocenters. The van der Waals surface area contributed by atoms with Gasteiger partial charge in [0.1, 0.15) is 0 Å². The Morgan fingerprint density at radius 3 is 1.26 bits per heavy atom. The average Bonchev–Trinajstić information content (AvgIpc) is 3.37. The van der Waals surface area contributed by atoms with Gasteiger partial charge in [-0.3, -0.25) is 0 Å².